The second-order valence-electron chi connectivity index (χ2n) is 9.19. The molecule has 1 aliphatic carbocycles. The van der Waals surface area contributed by atoms with Crippen LogP contribution in [-0.2, 0) is 4.79 Å². The summed E-state index contributed by atoms with van der Waals surface area (Å²) in [5.74, 6) is 1.30. The fourth-order valence-corrected chi connectivity index (χ4v) is 4.28. The monoisotopic (exact) mass is 448 g/mol. The molecule has 0 radical (unpaired) electrons. The number of amides is 1. The molecule has 0 spiro atoms. The number of hydrogen-bond acceptors (Lipinski definition) is 7. The number of hydrogen-bond donors (Lipinski definition) is 2. The van der Waals surface area contributed by atoms with Crippen molar-refractivity contribution in [3.05, 3.63) is 36.9 Å². The van der Waals surface area contributed by atoms with Gasteiger partial charge in [0.25, 0.3) is 0 Å². The molecule has 33 heavy (non-hydrogen) atoms. The van der Waals surface area contributed by atoms with Crippen molar-refractivity contribution in [2.75, 3.05) is 49.5 Å². The first-order chi connectivity index (χ1) is 16.1. The Bertz CT molecular complexity index is 1100. The minimum absolute atomic E-state index is 0.288. The molecule has 2 aliphatic rings. The molecule has 1 saturated carbocycles. The Hall–Kier alpha value is -3.20. The van der Waals surface area contributed by atoms with Crippen LogP contribution in [-0.4, -0.2) is 75.7 Å². The fraction of sp³-hybridized carbons (Fsp3) is 0.500. The quantitative estimate of drug-likeness (QED) is 0.511. The maximum Gasteiger partial charge on any atom is 0.225 e. The zero-order valence-corrected chi connectivity index (χ0v) is 19.4. The Morgan fingerprint density at radius 2 is 1.88 bits per heavy atom. The number of rotatable bonds is 8. The van der Waals surface area contributed by atoms with Gasteiger partial charge in [0.05, 0.1) is 29.3 Å². The molecule has 0 unspecified atom stereocenters. The number of aromatic nitrogens is 4. The van der Waals surface area contributed by atoms with E-state index in [-0.39, 0.29) is 5.92 Å². The van der Waals surface area contributed by atoms with Gasteiger partial charge in [-0.15, -0.1) is 0 Å². The van der Waals surface area contributed by atoms with Crippen LogP contribution < -0.4 is 15.5 Å². The van der Waals surface area contributed by atoms with Crippen LogP contribution in [0, 0.1) is 5.92 Å². The highest BCUT2D eigenvalue weighted by molar-refractivity contribution is 5.82. The van der Waals surface area contributed by atoms with E-state index in [4.69, 9.17) is 0 Å². The molecule has 4 heterocycles. The highest BCUT2D eigenvalue weighted by Crippen LogP contribution is 2.32. The molecule has 0 aromatic carbocycles. The van der Waals surface area contributed by atoms with Crippen LogP contribution in [0.1, 0.15) is 26.7 Å². The van der Waals surface area contributed by atoms with E-state index in [0.29, 0.717) is 17.8 Å². The summed E-state index contributed by atoms with van der Waals surface area (Å²) in [6, 6.07) is 4.62. The molecule has 1 aliphatic heterocycles. The van der Waals surface area contributed by atoms with Gasteiger partial charge in [0.1, 0.15) is 0 Å². The van der Waals surface area contributed by atoms with Crippen LogP contribution in [0.4, 0.5) is 11.4 Å². The summed E-state index contributed by atoms with van der Waals surface area (Å²) in [4.78, 5) is 25.9. The molecular weight excluding hydrogens is 416 g/mol. The smallest absolute Gasteiger partial charge is 0.225 e. The summed E-state index contributed by atoms with van der Waals surface area (Å²) in [5.41, 5.74) is 4.00. The molecular formula is C24H32N8O. The topological polar surface area (TPSA) is 90.7 Å². The van der Waals surface area contributed by atoms with Gasteiger partial charge in [0.2, 0.25) is 5.91 Å². The predicted octanol–water partition coefficient (Wildman–Crippen LogP) is 2.26. The lowest BCUT2D eigenvalue weighted by atomic mass is 10.2. The van der Waals surface area contributed by atoms with Gasteiger partial charge in [-0.2, -0.15) is 5.10 Å². The SMILES string of the molecule is CC(C)NCCNc1cnc(-c2cc3c(N4CCN(C(=O)C5CC5)CC4)ccnn3c2)nc1. The molecule has 0 bridgehead atoms. The van der Waals surface area contributed by atoms with Crippen LogP contribution in [0.5, 0.6) is 0 Å². The van der Waals surface area contributed by atoms with Crippen molar-refractivity contribution >= 4 is 22.8 Å². The molecule has 2 N–H and O–H groups in total. The third-order valence-electron chi connectivity index (χ3n) is 6.26. The van der Waals surface area contributed by atoms with Crippen LogP contribution in [0.25, 0.3) is 16.9 Å². The largest absolute Gasteiger partial charge is 0.381 e. The molecule has 0 atom stereocenters. The third kappa shape index (κ3) is 4.93. The van der Waals surface area contributed by atoms with Gasteiger partial charge >= 0.3 is 0 Å². The zero-order valence-electron chi connectivity index (χ0n) is 19.4. The number of nitrogens with zero attached hydrogens (tertiary/aromatic N) is 6. The summed E-state index contributed by atoms with van der Waals surface area (Å²) >= 11 is 0. The summed E-state index contributed by atoms with van der Waals surface area (Å²) in [7, 11) is 0. The van der Waals surface area contributed by atoms with Gasteiger partial charge in [0.15, 0.2) is 5.82 Å². The molecule has 174 valence electrons. The average Bonchev–Trinajstić information content (AvgIpc) is 3.59. The lowest BCUT2D eigenvalue weighted by Gasteiger charge is -2.36. The van der Waals surface area contributed by atoms with Crippen LogP contribution >= 0.6 is 0 Å². The van der Waals surface area contributed by atoms with Crippen molar-refractivity contribution in [3.63, 3.8) is 0 Å². The van der Waals surface area contributed by atoms with Crippen LogP contribution in [0.2, 0.25) is 0 Å². The van der Waals surface area contributed by atoms with E-state index in [0.717, 1.165) is 74.6 Å². The van der Waals surface area contributed by atoms with Gasteiger partial charge in [-0.05, 0) is 25.0 Å². The maximum atomic E-state index is 12.4. The fourth-order valence-electron chi connectivity index (χ4n) is 4.28. The molecule has 1 saturated heterocycles. The van der Waals surface area contributed by atoms with Gasteiger partial charge in [0, 0.05) is 69.2 Å². The minimum Gasteiger partial charge on any atom is -0.381 e. The molecule has 9 heteroatoms. The maximum absolute atomic E-state index is 12.4. The first-order valence-electron chi connectivity index (χ1n) is 11.9. The number of anilines is 2. The first-order valence-corrected chi connectivity index (χ1v) is 11.9. The van der Waals surface area contributed by atoms with Crippen molar-refractivity contribution in [1.82, 2.24) is 29.8 Å². The summed E-state index contributed by atoms with van der Waals surface area (Å²) in [6.45, 7) is 9.21. The van der Waals surface area contributed by atoms with Crippen molar-refractivity contribution in [2.45, 2.75) is 32.7 Å². The zero-order chi connectivity index (χ0) is 22.8. The number of carbonyl (C=O) groups excluding carboxylic acids is 1. The van der Waals surface area contributed by atoms with Gasteiger partial charge < -0.3 is 20.4 Å². The highest BCUT2D eigenvalue weighted by Gasteiger charge is 2.34. The molecule has 3 aromatic heterocycles. The Kier molecular flexibility index (Phi) is 6.13. The van der Waals surface area contributed by atoms with E-state index in [1.54, 1.807) is 0 Å². The number of nitrogens with one attached hydrogen (secondary N) is 2. The number of fused-ring (bicyclic) bond motifs is 1. The van der Waals surface area contributed by atoms with Crippen molar-refractivity contribution < 1.29 is 4.79 Å². The Labute approximate surface area is 194 Å². The second-order valence-corrected chi connectivity index (χ2v) is 9.19. The molecule has 1 amide bonds. The summed E-state index contributed by atoms with van der Waals surface area (Å²) in [6.07, 6.45) is 9.57. The standard InChI is InChI=1S/C24H32N8O/c1-17(2)25-7-8-26-20-14-27-23(28-15-20)19-13-22-21(5-6-29-32(22)16-19)30-9-11-31(12-10-30)24(33)18-3-4-18/h5-6,13-18,25-26H,3-4,7-12H2,1-2H3. The van der Waals surface area contributed by atoms with Crippen molar-refractivity contribution in [2.24, 2.45) is 5.92 Å². The first kappa shape index (κ1) is 21.6. The van der Waals surface area contributed by atoms with Crippen LogP contribution in [0.3, 0.4) is 0 Å². The lowest BCUT2D eigenvalue weighted by Crippen LogP contribution is -2.49. The minimum atomic E-state index is 0.288. The van der Waals surface area contributed by atoms with Crippen molar-refractivity contribution in [3.8, 4) is 11.4 Å². The van der Waals surface area contributed by atoms with E-state index < -0.39 is 0 Å². The van der Waals surface area contributed by atoms with Gasteiger partial charge in [-0.3, -0.25) is 4.79 Å². The summed E-state index contributed by atoms with van der Waals surface area (Å²) < 4.78 is 1.89. The van der Waals surface area contributed by atoms with E-state index in [1.165, 1.54) is 0 Å². The average molecular weight is 449 g/mol. The van der Waals surface area contributed by atoms with E-state index in [1.807, 2.05) is 34.2 Å². The highest BCUT2D eigenvalue weighted by atomic mass is 16.2. The van der Waals surface area contributed by atoms with E-state index >= 15 is 0 Å². The normalized spacial score (nSPS) is 16.6. The molecule has 3 aromatic rings. The molecule has 9 nitrogen and oxygen atoms in total. The predicted molar refractivity (Wildman–Crippen MR) is 129 cm³/mol. The molecule has 5 rings (SSSR count). The second kappa shape index (κ2) is 9.35. The third-order valence-corrected chi connectivity index (χ3v) is 6.26. The number of carbonyl (C=O) groups is 1. The Morgan fingerprint density at radius 3 is 2.58 bits per heavy atom. The Morgan fingerprint density at radius 1 is 1.12 bits per heavy atom. The van der Waals surface area contributed by atoms with Crippen molar-refractivity contribution in [1.29, 1.82) is 0 Å². The van der Waals surface area contributed by atoms with Gasteiger partial charge in [-0.25, -0.2) is 14.5 Å². The number of piperazine rings is 1. The van der Waals surface area contributed by atoms with Gasteiger partial charge in [-0.1, -0.05) is 13.8 Å². The van der Waals surface area contributed by atoms with E-state index in [2.05, 4.69) is 56.6 Å². The molecule has 2 fully saturated rings. The Balaban J connectivity index is 1.26. The summed E-state index contributed by atoms with van der Waals surface area (Å²) in [5, 5.41) is 11.2. The van der Waals surface area contributed by atoms with E-state index in [9.17, 15) is 4.79 Å². The van der Waals surface area contributed by atoms with Crippen LogP contribution in [0.15, 0.2) is 36.9 Å². The lowest BCUT2D eigenvalue weighted by molar-refractivity contribution is -0.132.